The Morgan fingerprint density at radius 2 is 1.65 bits per heavy atom. The number of ether oxygens (including phenoxy) is 1. The van der Waals surface area contributed by atoms with Crippen LogP contribution < -0.4 is 4.72 Å². The molecule has 0 aliphatic rings. The van der Waals surface area contributed by atoms with E-state index in [9.17, 15) is 18.0 Å². The van der Waals surface area contributed by atoms with E-state index >= 15 is 0 Å². The molecule has 0 fully saturated rings. The maximum atomic E-state index is 12.4. The summed E-state index contributed by atoms with van der Waals surface area (Å²) in [6.07, 6.45) is 0.0806. The normalized spacial score (nSPS) is 12.3. The molecule has 2 aromatic rings. The molecule has 26 heavy (non-hydrogen) atoms. The molecular formula is C19H21NO5S. The molecule has 1 N–H and O–H groups in total. The van der Waals surface area contributed by atoms with E-state index in [0.717, 1.165) is 17.4 Å². The average molecular weight is 375 g/mol. The lowest BCUT2D eigenvalue weighted by molar-refractivity contribution is 0.0318. The van der Waals surface area contributed by atoms with Gasteiger partial charge < -0.3 is 4.74 Å². The molecule has 0 saturated heterocycles. The number of sulfonamides is 1. The summed E-state index contributed by atoms with van der Waals surface area (Å²) in [6, 6.07) is 11.2. The number of carbonyl (C=O) groups excluding carboxylic acids is 2. The van der Waals surface area contributed by atoms with Crippen molar-refractivity contribution in [3.05, 3.63) is 64.7 Å². The fraction of sp³-hybridized carbons (Fsp3) is 0.263. The first-order chi connectivity index (χ1) is 12.1. The van der Waals surface area contributed by atoms with Crippen LogP contribution in [-0.2, 0) is 14.8 Å². The van der Waals surface area contributed by atoms with Crippen LogP contribution >= 0.6 is 0 Å². The van der Waals surface area contributed by atoms with Crippen LogP contribution in [0.15, 0.2) is 42.5 Å². The summed E-state index contributed by atoms with van der Waals surface area (Å²) in [7, 11) is -3.39. The highest BCUT2D eigenvalue weighted by Crippen LogP contribution is 2.17. The zero-order chi connectivity index (χ0) is 19.5. The molecule has 0 aromatic heterocycles. The topological polar surface area (TPSA) is 89.5 Å². The summed E-state index contributed by atoms with van der Waals surface area (Å²) in [5, 5.41) is 0. The van der Waals surface area contributed by atoms with E-state index < -0.39 is 22.1 Å². The second-order valence-electron chi connectivity index (χ2n) is 6.11. The minimum atomic E-state index is -3.39. The molecule has 2 aromatic carbocycles. The molecule has 0 bridgehead atoms. The van der Waals surface area contributed by atoms with Crippen LogP contribution in [0, 0.1) is 13.8 Å². The Morgan fingerprint density at radius 1 is 1.04 bits per heavy atom. The Balaban J connectivity index is 2.09. The number of benzene rings is 2. The van der Waals surface area contributed by atoms with Crippen molar-refractivity contribution >= 4 is 27.5 Å². The van der Waals surface area contributed by atoms with Gasteiger partial charge in [0.15, 0.2) is 6.10 Å². The Bertz CT molecular complexity index is 933. The highest BCUT2D eigenvalue weighted by Gasteiger charge is 2.21. The van der Waals surface area contributed by atoms with Gasteiger partial charge in [-0.15, -0.1) is 0 Å². The highest BCUT2D eigenvalue weighted by molar-refractivity contribution is 7.92. The zero-order valence-electron chi connectivity index (χ0n) is 15.1. The number of aryl methyl sites for hydroxylation is 1. The second-order valence-corrected chi connectivity index (χ2v) is 7.86. The first-order valence-electron chi connectivity index (χ1n) is 7.98. The van der Waals surface area contributed by atoms with Crippen molar-refractivity contribution in [3.8, 4) is 0 Å². The van der Waals surface area contributed by atoms with Gasteiger partial charge in [-0.3, -0.25) is 9.52 Å². The van der Waals surface area contributed by atoms with E-state index in [0.29, 0.717) is 16.8 Å². The van der Waals surface area contributed by atoms with Crippen LogP contribution in [0.25, 0.3) is 0 Å². The molecule has 0 aliphatic heterocycles. The summed E-state index contributed by atoms with van der Waals surface area (Å²) in [6.45, 7) is 5.23. The Morgan fingerprint density at radius 3 is 2.23 bits per heavy atom. The number of ketones is 1. The van der Waals surface area contributed by atoms with Crippen LogP contribution in [0.1, 0.15) is 38.8 Å². The van der Waals surface area contributed by atoms with Gasteiger partial charge in [-0.1, -0.05) is 12.1 Å². The summed E-state index contributed by atoms with van der Waals surface area (Å²) in [5.41, 5.74) is 2.88. The van der Waals surface area contributed by atoms with Crippen molar-refractivity contribution in [2.75, 3.05) is 11.0 Å². The fourth-order valence-electron chi connectivity index (χ4n) is 2.40. The predicted octanol–water partition coefficient (Wildman–Crippen LogP) is 3.10. The van der Waals surface area contributed by atoms with Gasteiger partial charge in [0.2, 0.25) is 15.8 Å². The number of carbonyl (C=O) groups is 2. The number of nitrogens with one attached hydrogen (secondary N) is 1. The molecule has 2 rings (SSSR count). The van der Waals surface area contributed by atoms with Crippen LogP contribution in [0.4, 0.5) is 5.69 Å². The smallest absolute Gasteiger partial charge is 0.339 e. The molecule has 1 atom stereocenters. The zero-order valence-corrected chi connectivity index (χ0v) is 15.9. The standard InChI is InChI=1S/C19H21NO5S/c1-12-6-5-7-17(13(12)2)19(22)25-14(3)18(21)15-8-10-16(11-9-15)20-26(4,23)24/h5-11,14,20H,1-4H3. The first kappa shape index (κ1) is 19.7. The molecule has 1 unspecified atom stereocenters. The van der Waals surface area contributed by atoms with E-state index in [1.165, 1.54) is 31.2 Å². The van der Waals surface area contributed by atoms with E-state index in [1.54, 1.807) is 12.1 Å². The molecule has 7 heteroatoms. The average Bonchev–Trinajstić information content (AvgIpc) is 2.55. The fourth-order valence-corrected chi connectivity index (χ4v) is 2.97. The largest absolute Gasteiger partial charge is 0.451 e. The Hall–Kier alpha value is -2.67. The van der Waals surface area contributed by atoms with Crippen molar-refractivity contribution in [1.29, 1.82) is 0 Å². The Kier molecular flexibility index (Phi) is 5.82. The van der Waals surface area contributed by atoms with Gasteiger partial charge in [0.05, 0.1) is 11.8 Å². The van der Waals surface area contributed by atoms with E-state index in [4.69, 9.17) is 4.74 Å². The number of esters is 1. The molecule has 0 spiro atoms. The quantitative estimate of drug-likeness (QED) is 0.619. The lowest BCUT2D eigenvalue weighted by Crippen LogP contribution is -2.25. The number of hydrogen-bond acceptors (Lipinski definition) is 5. The number of anilines is 1. The van der Waals surface area contributed by atoms with Gasteiger partial charge in [-0.05, 0) is 62.2 Å². The summed E-state index contributed by atoms with van der Waals surface area (Å²) < 4.78 is 30.0. The monoisotopic (exact) mass is 375 g/mol. The lowest BCUT2D eigenvalue weighted by atomic mass is 10.0. The summed E-state index contributed by atoms with van der Waals surface area (Å²) >= 11 is 0. The number of rotatable bonds is 6. The van der Waals surface area contributed by atoms with E-state index in [2.05, 4.69) is 4.72 Å². The van der Waals surface area contributed by atoms with Gasteiger partial charge in [0, 0.05) is 11.3 Å². The maximum absolute atomic E-state index is 12.4. The molecule has 0 saturated carbocycles. The van der Waals surface area contributed by atoms with Crippen molar-refractivity contribution in [1.82, 2.24) is 0 Å². The van der Waals surface area contributed by atoms with Crippen molar-refractivity contribution < 1.29 is 22.7 Å². The van der Waals surface area contributed by atoms with Crippen molar-refractivity contribution in [2.24, 2.45) is 0 Å². The van der Waals surface area contributed by atoms with Crippen LogP contribution in [-0.4, -0.2) is 32.5 Å². The van der Waals surface area contributed by atoms with Crippen LogP contribution in [0.3, 0.4) is 0 Å². The van der Waals surface area contributed by atoms with E-state index in [1.807, 2.05) is 19.9 Å². The minimum absolute atomic E-state index is 0.324. The van der Waals surface area contributed by atoms with Crippen molar-refractivity contribution in [3.63, 3.8) is 0 Å². The van der Waals surface area contributed by atoms with E-state index in [-0.39, 0.29) is 5.78 Å². The van der Waals surface area contributed by atoms with Crippen molar-refractivity contribution in [2.45, 2.75) is 26.9 Å². The molecular weight excluding hydrogens is 354 g/mol. The second kappa shape index (κ2) is 7.70. The van der Waals surface area contributed by atoms with Gasteiger partial charge >= 0.3 is 5.97 Å². The van der Waals surface area contributed by atoms with Gasteiger partial charge in [0.1, 0.15) is 0 Å². The van der Waals surface area contributed by atoms with Crippen LogP contribution in [0.5, 0.6) is 0 Å². The van der Waals surface area contributed by atoms with Crippen LogP contribution in [0.2, 0.25) is 0 Å². The third kappa shape index (κ3) is 4.92. The number of Topliss-reactive ketones (excluding diaryl/α,β-unsaturated/α-hetero) is 1. The predicted molar refractivity (Wildman–Crippen MR) is 100 cm³/mol. The summed E-state index contributed by atoms with van der Waals surface area (Å²) in [5.74, 6) is -0.919. The molecule has 0 amide bonds. The summed E-state index contributed by atoms with van der Waals surface area (Å²) in [4.78, 5) is 24.8. The first-order valence-corrected chi connectivity index (χ1v) is 9.87. The van der Waals surface area contributed by atoms with Gasteiger partial charge in [0.25, 0.3) is 0 Å². The third-order valence-electron chi connectivity index (χ3n) is 3.95. The SMILES string of the molecule is Cc1cccc(C(=O)OC(C)C(=O)c2ccc(NS(C)(=O)=O)cc2)c1C. The molecule has 138 valence electrons. The maximum Gasteiger partial charge on any atom is 0.339 e. The van der Waals surface area contributed by atoms with Gasteiger partial charge in [-0.2, -0.15) is 0 Å². The highest BCUT2D eigenvalue weighted by atomic mass is 32.2. The third-order valence-corrected chi connectivity index (χ3v) is 4.56. The number of hydrogen-bond donors (Lipinski definition) is 1. The molecule has 0 aliphatic carbocycles. The Labute approximate surface area is 153 Å². The minimum Gasteiger partial charge on any atom is -0.451 e. The molecule has 0 radical (unpaired) electrons. The van der Waals surface area contributed by atoms with Gasteiger partial charge in [-0.25, -0.2) is 13.2 Å². The molecule has 6 nitrogen and oxygen atoms in total. The molecule has 0 heterocycles. The lowest BCUT2D eigenvalue weighted by Gasteiger charge is -2.14.